The first-order valence-electron chi connectivity index (χ1n) is 4.75. The van der Waals surface area contributed by atoms with Gasteiger partial charge in [0.25, 0.3) is 0 Å². The van der Waals surface area contributed by atoms with Crippen LogP contribution in [0.25, 0.3) is 0 Å². The van der Waals surface area contributed by atoms with E-state index in [4.69, 9.17) is 5.11 Å². The minimum Gasteiger partial charge on any atom is -0.396 e. The molecule has 0 spiro atoms. The highest BCUT2D eigenvalue weighted by Gasteiger charge is 2.27. The predicted molar refractivity (Wildman–Crippen MR) is 47.4 cm³/mol. The summed E-state index contributed by atoms with van der Waals surface area (Å²) in [5.74, 6) is 0.795. The fraction of sp³-hybridized carbons (Fsp3) is 1.00. The Morgan fingerprint density at radius 1 is 1.45 bits per heavy atom. The van der Waals surface area contributed by atoms with Gasteiger partial charge >= 0.3 is 0 Å². The van der Waals surface area contributed by atoms with Gasteiger partial charge in [-0.15, -0.1) is 0 Å². The molecule has 0 radical (unpaired) electrons. The zero-order chi connectivity index (χ0) is 8.32. The van der Waals surface area contributed by atoms with Crippen molar-refractivity contribution in [3.63, 3.8) is 0 Å². The van der Waals surface area contributed by atoms with Crippen molar-refractivity contribution in [2.24, 2.45) is 11.3 Å². The first-order valence-corrected chi connectivity index (χ1v) is 4.75. The summed E-state index contributed by atoms with van der Waals surface area (Å²) in [6, 6.07) is 0. The maximum atomic E-state index is 8.79. The Labute approximate surface area is 69.8 Å². The largest absolute Gasteiger partial charge is 0.396 e. The normalized spacial score (nSPS) is 30.3. The minimum atomic E-state index is 0.376. The van der Waals surface area contributed by atoms with Crippen LogP contribution in [-0.4, -0.2) is 11.7 Å². The third-order valence-corrected chi connectivity index (χ3v) is 2.84. The van der Waals surface area contributed by atoms with Gasteiger partial charge in [0.2, 0.25) is 0 Å². The van der Waals surface area contributed by atoms with E-state index in [9.17, 15) is 0 Å². The summed E-state index contributed by atoms with van der Waals surface area (Å²) in [4.78, 5) is 0. The standard InChI is InChI=1S/C10H20O/c1-10(2)6-3-4-9(8-10)5-7-11/h9,11H,3-8H2,1-2H3. The van der Waals surface area contributed by atoms with E-state index in [1.54, 1.807) is 0 Å². The Kier molecular flexibility index (Phi) is 2.94. The van der Waals surface area contributed by atoms with E-state index in [0.717, 1.165) is 12.3 Å². The van der Waals surface area contributed by atoms with Gasteiger partial charge in [-0.25, -0.2) is 0 Å². The van der Waals surface area contributed by atoms with E-state index in [1.807, 2.05) is 0 Å². The van der Waals surface area contributed by atoms with E-state index in [0.29, 0.717) is 12.0 Å². The van der Waals surface area contributed by atoms with Crippen molar-refractivity contribution in [2.75, 3.05) is 6.61 Å². The molecule has 0 aromatic carbocycles. The number of hydrogen-bond acceptors (Lipinski definition) is 1. The highest BCUT2D eigenvalue weighted by molar-refractivity contribution is 4.78. The van der Waals surface area contributed by atoms with Crippen LogP contribution in [0.1, 0.15) is 46.0 Å². The molecule has 1 saturated carbocycles. The average molecular weight is 156 g/mol. The van der Waals surface area contributed by atoms with Crippen molar-refractivity contribution in [1.29, 1.82) is 0 Å². The van der Waals surface area contributed by atoms with Gasteiger partial charge in [0.15, 0.2) is 0 Å². The Balaban J connectivity index is 2.34. The van der Waals surface area contributed by atoms with Gasteiger partial charge in [-0.3, -0.25) is 0 Å². The van der Waals surface area contributed by atoms with Crippen LogP contribution in [0.2, 0.25) is 0 Å². The van der Waals surface area contributed by atoms with Crippen molar-refractivity contribution < 1.29 is 5.11 Å². The highest BCUT2D eigenvalue weighted by Crippen LogP contribution is 2.39. The molecule has 0 aliphatic heterocycles. The smallest absolute Gasteiger partial charge is 0.0433 e. The van der Waals surface area contributed by atoms with Crippen molar-refractivity contribution in [3.05, 3.63) is 0 Å². The van der Waals surface area contributed by atoms with Crippen LogP contribution in [0.3, 0.4) is 0 Å². The molecule has 1 atom stereocenters. The summed E-state index contributed by atoms with van der Waals surface area (Å²) in [5, 5.41) is 8.79. The maximum Gasteiger partial charge on any atom is 0.0433 e. The number of hydrogen-bond donors (Lipinski definition) is 1. The van der Waals surface area contributed by atoms with Gasteiger partial charge < -0.3 is 5.11 Å². The molecule has 1 rings (SSSR count). The van der Waals surface area contributed by atoms with Crippen molar-refractivity contribution in [2.45, 2.75) is 46.0 Å². The molecule has 1 fully saturated rings. The molecule has 0 heterocycles. The lowest BCUT2D eigenvalue weighted by molar-refractivity contribution is 0.149. The van der Waals surface area contributed by atoms with E-state index in [1.165, 1.54) is 25.7 Å². The quantitative estimate of drug-likeness (QED) is 0.651. The van der Waals surface area contributed by atoms with Crippen molar-refractivity contribution >= 4 is 0 Å². The number of aliphatic hydroxyl groups is 1. The van der Waals surface area contributed by atoms with E-state index in [-0.39, 0.29) is 0 Å². The van der Waals surface area contributed by atoms with Crippen molar-refractivity contribution in [1.82, 2.24) is 0 Å². The fourth-order valence-corrected chi connectivity index (χ4v) is 2.28. The van der Waals surface area contributed by atoms with Gasteiger partial charge in [0.05, 0.1) is 0 Å². The molecule has 0 bridgehead atoms. The predicted octanol–water partition coefficient (Wildman–Crippen LogP) is 2.59. The fourth-order valence-electron chi connectivity index (χ4n) is 2.28. The van der Waals surface area contributed by atoms with Gasteiger partial charge in [-0.05, 0) is 30.6 Å². The third kappa shape index (κ3) is 2.82. The van der Waals surface area contributed by atoms with E-state index < -0.39 is 0 Å². The molecule has 1 nitrogen and oxygen atoms in total. The van der Waals surface area contributed by atoms with Gasteiger partial charge in [0, 0.05) is 6.61 Å². The third-order valence-electron chi connectivity index (χ3n) is 2.84. The molecule has 0 saturated heterocycles. The molecule has 0 amide bonds. The first kappa shape index (κ1) is 9.05. The topological polar surface area (TPSA) is 20.2 Å². The zero-order valence-electron chi connectivity index (χ0n) is 7.77. The summed E-state index contributed by atoms with van der Waals surface area (Å²) in [5.41, 5.74) is 0.540. The average Bonchev–Trinajstić information content (AvgIpc) is 1.85. The Morgan fingerprint density at radius 2 is 2.18 bits per heavy atom. The first-order chi connectivity index (χ1) is 5.14. The van der Waals surface area contributed by atoms with Crippen LogP contribution < -0.4 is 0 Å². The monoisotopic (exact) mass is 156 g/mol. The van der Waals surface area contributed by atoms with Crippen LogP contribution in [0.15, 0.2) is 0 Å². The second-order valence-corrected chi connectivity index (χ2v) is 4.64. The second kappa shape index (κ2) is 3.57. The molecular weight excluding hydrogens is 136 g/mol. The lowest BCUT2D eigenvalue weighted by atomic mass is 9.71. The summed E-state index contributed by atoms with van der Waals surface area (Å²) in [7, 11) is 0. The summed E-state index contributed by atoms with van der Waals surface area (Å²) in [6.45, 7) is 5.06. The molecule has 1 unspecified atom stereocenters. The molecule has 0 aromatic heterocycles. The van der Waals surface area contributed by atoms with Crippen LogP contribution in [0, 0.1) is 11.3 Å². The Hall–Kier alpha value is -0.0400. The van der Waals surface area contributed by atoms with E-state index in [2.05, 4.69) is 13.8 Å². The molecule has 0 aromatic rings. The molecule has 1 heteroatoms. The van der Waals surface area contributed by atoms with Gasteiger partial charge in [0.1, 0.15) is 0 Å². The molecule has 1 N–H and O–H groups in total. The van der Waals surface area contributed by atoms with Crippen molar-refractivity contribution in [3.8, 4) is 0 Å². The lowest BCUT2D eigenvalue weighted by Crippen LogP contribution is -2.23. The SMILES string of the molecule is CC1(C)CCCC(CCO)C1. The summed E-state index contributed by atoms with van der Waals surface area (Å²) < 4.78 is 0. The van der Waals surface area contributed by atoms with Crippen LogP contribution in [-0.2, 0) is 0 Å². The minimum absolute atomic E-state index is 0.376. The zero-order valence-corrected chi connectivity index (χ0v) is 7.77. The Bertz CT molecular complexity index is 116. The molecule has 11 heavy (non-hydrogen) atoms. The van der Waals surface area contributed by atoms with Crippen LogP contribution in [0.5, 0.6) is 0 Å². The highest BCUT2D eigenvalue weighted by atomic mass is 16.3. The van der Waals surface area contributed by atoms with Crippen LogP contribution >= 0.6 is 0 Å². The molecular formula is C10H20O. The summed E-state index contributed by atoms with van der Waals surface area (Å²) >= 11 is 0. The summed E-state index contributed by atoms with van der Waals surface area (Å²) in [6.07, 6.45) is 6.40. The second-order valence-electron chi connectivity index (χ2n) is 4.64. The maximum absolute atomic E-state index is 8.79. The van der Waals surface area contributed by atoms with Gasteiger partial charge in [-0.2, -0.15) is 0 Å². The van der Waals surface area contributed by atoms with Gasteiger partial charge in [-0.1, -0.05) is 26.7 Å². The molecule has 1 aliphatic rings. The Morgan fingerprint density at radius 3 is 2.73 bits per heavy atom. The molecule has 1 aliphatic carbocycles. The number of aliphatic hydroxyl groups excluding tert-OH is 1. The number of rotatable bonds is 2. The molecule has 66 valence electrons. The van der Waals surface area contributed by atoms with E-state index >= 15 is 0 Å². The lowest BCUT2D eigenvalue weighted by Gasteiger charge is -2.34. The van der Waals surface area contributed by atoms with Crippen LogP contribution in [0.4, 0.5) is 0 Å².